The summed E-state index contributed by atoms with van der Waals surface area (Å²) in [5.41, 5.74) is 0. The number of carbonyl (C=O) groups is 3. The lowest BCUT2D eigenvalue weighted by Crippen LogP contribution is -2.49. The van der Waals surface area contributed by atoms with Gasteiger partial charge in [-0.25, -0.2) is 0 Å². The van der Waals surface area contributed by atoms with Crippen LogP contribution in [0.25, 0.3) is 0 Å². The lowest BCUT2D eigenvalue weighted by Gasteiger charge is -2.35. The Kier molecular flexibility index (Phi) is 7.35. The van der Waals surface area contributed by atoms with Gasteiger partial charge in [0.25, 0.3) is 0 Å². The summed E-state index contributed by atoms with van der Waals surface area (Å²) in [6.45, 7) is 7.10. The number of carboxylic acids is 1. The third-order valence-corrected chi connectivity index (χ3v) is 4.25. The van der Waals surface area contributed by atoms with E-state index in [2.05, 4.69) is 0 Å². The predicted molar refractivity (Wildman–Crippen MR) is 83.3 cm³/mol. The maximum absolute atomic E-state index is 12.6. The summed E-state index contributed by atoms with van der Waals surface area (Å²) in [6.07, 6.45) is 3.03. The zero-order valence-electron chi connectivity index (χ0n) is 13.9. The van der Waals surface area contributed by atoms with Crippen molar-refractivity contribution < 1.29 is 19.5 Å². The van der Waals surface area contributed by atoms with Crippen molar-refractivity contribution in [2.75, 3.05) is 26.2 Å². The van der Waals surface area contributed by atoms with Gasteiger partial charge in [0.15, 0.2) is 0 Å². The number of carbonyl (C=O) groups excluding carboxylic acids is 2. The molecule has 22 heavy (non-hydrogen) atoms. The topological polar surface area (TPSA) is 77.9 Å². The molecule has 0 aliphatic carbocycles. The second kappa shape index (κ2) is 8.76. The van der Waals surface area contributed by atoms with E-state index < -0.39 is 5.97 Å². The lowest BCUT2D eigenvalue weighted by molar-refractivity contribution is -0.149. The van der Waals surface area contributed by atoms with Crippen LogP contribution in [-0.2, 0) is 14.4 Å². The number of aliphatic carboxylic acids is 1. The van der Waals surface area contributed by atoms with Crippen molar-refractivity contribution in [3.8, 4) is 0 Å². The van der Waals surface area contributed by atoms with Crippen molar-refractivity contribution in [3.05, 3.63) is 0 Å². The van der Waals surface area contributed by atoms with E-state index in [1.54, 1.807) is 4.90 Å². The zero-order chi connectivity index (χ0) is 16.7. The molecule has 1 rings (SSSR count). The number of hydrogen-bond donors (Lipinski definition) is 1. The normalized spacial score (nSPS) is 19.6. The fraction of sp³-hybridized carbons (Fsp3) is 0.812. The molecule has 0 spiro atoms. The van der Waals surface area contributed by atoms with E-state index in [9.17, 15) is 14.4 Å². The number of piperidine rings is 1. The fourth-order valence-electron chi connectivity index (χ4n) is 2.82. The van der Waals surface area contributed by atoms with Crippen LogP contribution in [0.4, 0.5) is 0 Å². The van der Waals surface area contributed by atoms with E-state index in [1.165, 1.54) is 4.90 Å². The van der Waals surface area contributed by atoms with E-state index in [4.69, 9.17) is 5.11 Å². The van der Waals surface area contributed by atoms with Gasteiger partial charge in [0.2, 0.25) is 11.8 Å². The molecule has 2 amide bonds. The molecule has 1 aliphatic rings. The SMILES string of the molecule is CCCN(CC(=O)O)C(=O)C1CCCN(C(=O)C(C)CC)C1. The first-order valence-electron chi connectivity index (χ1n) is 8.20. The van der Waals surface area contributed by atoms with Crippen LogP contribution in [0.15, 0.2) is 0 Å². The summed E-state index contributed by atoms with van der Waals surface area (Å²) in [4.78, 5) is 38.9. The van der Waals surface area contributed by atoms with Crippen LogP contribution >= 0.6 is 0 Å². The monoisotopic (exact) mass is 312 g/mol. The van der Waals surface area contributed by atoms with Gasteiger partial charge in [-0.2, -0.15) is 0 Å². The number of rotatable bonds is 7. The molecule has 0 aromatic heterocycles. The highest BCUT2D eigenvalue weighted by Gasteiger charge is 2.32. The van der Waals surface area contributed by atoms with E-state index in [0.717, 1.165) is 25.7 Å². The minimum absolute atomic E-state index is 0.0281. The van der Waals surface area contributed by atoms with Crippen molar-refractivity contribution in [2.24, 2.45) is 11.8 Å². The standard InChI is InChI=1S/C16H28N2O4/c1-4-8-17(11-14(19)20)16(22)13-7-6-9-18(10-13)15(21)12(3)5-2/h12-13H,4-11H2,1-3H3,(H,19,20). The van der Waals surface area contributed by atoms with Gasteiger partial charge in [-0.05, 0) is 25.7 Å². The number of hydrogen-bond acceptors (Lipinski definition) is 3. The van der Waals surface area contributed by atoms with E-state index in [0.29, 0.717) is 19.6 Å². The molecule has 6 nitrogen and oxygen atoms in total. The van der Waals surface area contributed by atoms with E-state index in [1.807, 2.05) is 20.8 Å². The minimum Gasteiger partial charge on any atom is -0.480 e. The van der Waals surface area contributed by atoms with Crippen LogP contribution in [0, 0.1) is 11.8 Å². The molecule has 6 heteroatoms. The first-order valence-corrected chi connectivity index (χ1v) is 8.20. The van der Waals surface area contributed by atoms with Gasteiger partial charge >= 0.3 is 5.97 Å². The molecule has 0 radical (unpaired) electrons. The Balaban J connectivity index is 2.71. The molecule has 0 aromatic carbocycles. The van der Waals surface area contributed by atoms with Gasteiger partial charge in [0.05, 0.1) is 5.92 Å². The zero-order valence-corrected chi connectivity index (χ0v) is 13.9. The molecule has 1 N–H and O–H groups in total. The summed E-state index contributed by atoms with van der Waals surface area (Å²) < 4.78 is 0. The molecular weight excluding hydrogens is 284 g/mol. The number of carboxylic acid groups (broad SMARTS) is 1. The Labute approximate surface area is 132 Å². The Morgan fingerprint density at radius 2 is 2.00 bits per heavy atom. The Hall–Kier alpha value is -1.59. The third-order valence-electron chi connectivity index (χ3n) is 4.25. The van der Waals surface area contributed by atoms with Crippen LogP contribution in [0.1, 0.15) is 46.5 Å². The van der Waals surface area contributed by atoms with E-state index in [-0.39, 0.29) is 30.2 Å². The van der Waals surface area contributed by atoms with Gasteiger partial charge in [-0.1, -0.05) is 20.8 Å². The van der Waals surface area contributed by atoms with Crippen molar-refractivity contribution in [1.82, 2.24) is 9.80 Å². The van der Waals surface area contributed by atoms with Crippen molar-refractivity contribution in [3.63, 3.8) is 0 Å². The quantitative estimate of drug-likeness (QED) is 0.774. The number of amides is 2. The Bertz CT molecular complexity index is 411. The second-order valence-electron chi connectivity index (χ2n) is 6.09. The second-order valence-corrected chi connectivity index (χ2v) is 6.09. The molecule has 1 aliphatic heterocycles. The van der Waals surface area contributed by atoms with Crippen molar-refractivity contribution in [1.29, 1.82) is 0 Å². The largest absolute Gasteiger partial charge is 0.480 e. The maximum Gasteiger partial charge on any atom is 0.323 e. The first kappa shape index (κ1) is 18.5. The Morgan fingerprint density at radius 3 is 2.55 bits per heavy atom. The van der Waals surface area contributed by atoms with Crippen LogP contribution < -0.4 is 0 Å². The van der Waals surface area contributed by atoms with Crippen LogP contribution in [0.5, 0.6) is 0 Å². The summed E-state index contributed by atoms with van der Waals surface area (Å²) in [7, 11) is 0. The molecule has 0 bridgehead atoms. The van der Waals surface area contributed by atoms with Gasteiger partial charge < -0.3 is 14.9 Å². The molecule has 2 unspecified atom stereocenters. The fourth-order valence-corrected chi connectivity index (χ4v) is 2.82. The minimum atomic E-state index is -0.995. The van der Waals surface area contributed by atoms with Crippen LogP contribution in [-0.4, -0.2) is 58.9 Å². The number of nitrogens with zero attached hydrogens (tertiary/aromatic N) is 2. The average molecular weight is 312 g/mol. The first-order chi connectivity index (χ1) is 10.4. The molecule has 2 atom stereocenters. The van der Waals surface area contributed by atoms with Crippen molar-refractivity contribution >= 4 is 17.8 Å². The summed E-state index contributed by atoms with van der Waals surface area (Å²) in [6, 6.07) is 0. The summed E-state index contributed by atoms with van der Waals surface area (Å²) in [5, 5.41) is 8.94. The number of likely N-dealkylation sites (tertiary alicyclic amines) is 1. The lowest BCUT2D eigenvalue weighted by atomic mass is 9.95. The predicted octanol–water partition coefficient (Wildman–Crippen LogP) is 1.59. The summed E-state index contributed by atoms with van der Waals surface area (Å²) in [5.74, 6) is -1.33. The van der Waals surface area contributed by atoms with E-state index >= 15 is 0 Å². The summed E-state index contributed by atoms with van der Waals surface area (Å²) >= 11 is 0. The highest BCUT2D eigenvalue weighted by molar-refractivity contribution is 5.84. The molecule has 1 saturated heterocycles. The van der Waals surface area contributed by atoms with Crippen LogP contribution in [0.2, 0.25) is 0 Å². The molecule has 0 aromatic rings. The molecule has 0 saturated carbocycles. The average Bonchev–Trinajstić information content (AvgIpc) is 2.52. The van der Waals surface area contributed by atoms with Gasteiger partial charge in [0, 0.05) is 25.6 Å². The molecule has 1 fully saturated rings. The smallest absolute Gasteiger partial charge is 0.323 e. The Morgan fingerprint density at radius 1 is 1.32 bits per heavy atom. The van der Waals surface area contributed by atoms with Crippen LogP contribution in [0.3, 0.4) is 0 Å². The van der Waals surface area contributed by atoms with Gasteiger partial charge in [0.1, 0.15) is 6.54 Å². The highest BCUT2D eigenvalue weighted by atomic mass is 16.4. The maximum atomic E-state index is 12.6. The molecule has 1 heterocycles. The van der Waals surface area contributed by atoms with Gasteiger partial charge in [-0.15, -0.1) is 0 Å². The third kappa shape index (κ3) is 5.00. The molecule has 126 valence electrons. The molecular formula is C16H28N2O4. The van der Waals surface area contributed by atoms with Crippen molar-refractivity contribution in [2.45, 2.75) is 46.5 Å². The van der Waals surface area contributed by atoms with Gasteiger partial charge in [-0.3, -0.25) is 14.4 Å². The highest BCUT2D eigenvalue weighted by Crippen LogP contribution is 2.21.